The zero-order valence-electron chi connectivity index (χ0n) is 12.8. The van der Waals surface area contributed by atoms with E-state index in [1.165, 1.54) is 0 Å². The van der Waals surface area contributed by atoms with Crippen LogP contribution < -0.4 is 11.1 Å². The molecular formula is C18H16N4O2. The van der Waals surface area contributed by atoms with E-state index in [4.69, 9.17) is 5.73 Å². The first kappa shape index (κ1) is 15.5. The Bertz CT molecular complexity index is 872. The Labute approximate surface area is 138 Å². The molecule has 0 aliphatic rings. The van der Waals surface area contributed by atoms with E-state index in [-0.39, 0.29) is 5.91 Å². The number of rotatable bonds is 5. The molecule has 0 radical (unpaired) electrons. The van der Waals surface area contributed by atoms with Gasteiger partial charge in [0.25, 0.3) is 5.91 Å². The molecule has 0 unspecified atom stereocenters. The Kier molecular flexibility index (Phi) is 4.38. The summed E-state index contributed by atoms with van der Waals surface area (Å²) in [7, 11) is 0. The standard InChI is InChI=1S/C18H16N4O2/c19-17(23)14-5-1-3-12(7-14)9-20-18(24)15-6-2-4-13(8-15)16-10-21-22-11-16/h1-8,10-11H,9H2,(H2,19,23)(H,20,24)(H,21,22). The molecule has 0 bridgehead atoms. The molecule has 3 aromatic rings. The number of carbonyl (C=O) groups is 2. The van der Waals surface area contributed by atoms with Crippen LogP contribution in [0.15, 0.2) is 60.9 Å². The number of nitrogens with zero attached hydrogens (tertiary/aromatic N) is 1. The lowest BCUT2D eigenvalue weighted by Gasteiger charge is -2.07. The number of H-pyrrole nitrogens is 1. The van der Waals surface area contributed by atoms with Crippen molar-refractivity contribution in [2.75, 3.05) is 0 Å². The Morgan fingerprint density at radius 3 is 2.58 bits per heavy atom. The molecule has 4 N–H and O–H groups in total. The normalized spacial score (nSPS) is 10.3. The molecule has 1 aromatic heterocycles. The highest BCUT2D eigenvalue weighted by Crippen LogP contribution is 2.18. The summed E-state index contributed by atoms with van der Waals surface area (Å²) >= 11 is 0. The van der Waals surface area contributed by atoms with Crippen molar-refractivity contribution in [2.24, 2.45) is 5.73 Å². The number of hydrogen-bond donors (Lipinski definition) is 3. The van der Waals surface area contributed by atoms with Gasteiger partial charge in [0.15, 0.2) is 0 Å². The smallest absolute Gasteiger partial charge is 0.251 e. The van der Waals surface area contributed by atoms with Gasteiger partial charge in [-0.05, 0) is 35.4 Å². The van der Waals surface area contributed by atoms with Gasteiger partial charge < -0.3 is 11.1 Å². The van der Waals surface area contributed by atoms with Crippen molar-refractivity contribution in [3.05, 3.63) is 77.6 Å². The molecule has 0 fully saturated rings. The quantitative estimate of drug-likeness (QED) is 0.671. The highest BCUT2D eigenvalue weighted by atomic mass is 16.2. The molecule has 0 aliphatic carbocycles. The van der Waals surface area contributed by atoms with Gasteiger partial charge >= 0.3 is 0 Å². The number of aromatic amines is 1. The van der Waals surface area contributed by atoms with Crippen LogP contribution in [0, 0.1) is 0 Å². The summed E-state index contributed by atoms with van der Waals surface area (Å²) in [6.45, 7) is 0.315. The number of hydrogen-bond acceptors (Lipinski definition) is 3. The zero-order valence-corrected chi connectivity index (χ0v) is 12.8. The van der Waals surface area contributed by atoms with Crippen molar-refractivity contribution in [3.63, 3.8) is 0 Å². The van der Waals surface area contributed by atoms with Gasteiger partial charge in [-0.25, -0.2) is 0 Å². The predicted octanol–water partition coefficient (Wildman–Crippen LogP) is 2.11. The van der Waals surface area contributed by atoms with Crippen molar-refractivity contribution in [1.82, 2.24) is 15.5 Å². The Balaban J connectivity index is 1.70. The molecule has 120 valence electrons. The maximum absolute atomic E-state index is 12.3. The number of nitrogens with two attached hydrogens (primary N) is 1. The maximum atomic E-state index is 12.3. The van der Waals surface area contributed by atoms with Crippen LogP contribution >= 0.6 is 0 Å². The second-order valence-electron chi connectivity index (χ2n) is 5.32. The van der Waals surface area contributed by atoms with Gasteiger partial charge in [0.05, 0.1) is 6.20 Å². The lowest BCUT2D eigenvalue weighted by Crippen LogP contribution is -2.23. The summed E-state index contributed by atoms with van der Waals surface area (Å²) in [6, 6.07) is 14.2. The topological polar surface area (TPSA) is 101 Å². The third-order valence-corrected chi connectivity index (χ3v) is 3.62. The summed E-state index contributed by atoms with van der Waals surface area (Å²) in [6.07, 6.45) is 3.47. The van der Waals surface area contributed by atoms with Gasteiger partial charge in [0.1, 0.15) is 0 Å². The Hall–Kier alpha value is -3.41. The van der Waals surface area contributed by atoms with E-state index in [0.717, 1.165) is 16.7 Å². The first-order chi connectivity index (χ1) is 11.6. The minimum Gasteiger partial charge on any atom is -0.366 e. The van der Waals surface area contributed by atoms with Gasteiger partial charge in [-0.15, -0.1) is 0 Å². The van der Waals surface area contributed by atoms with Crippen LogP contribution in [-0.4, -0.2) is 22.0 Å². The SMILES string of the molecule is NC(=O)c1cccc(CNC(=O)c2cccc(-c3cn[nH]c3)c2)c1. The van der Waals surface area contributed by atoms with Crippen LogP contribution in [0.3, 0.4) is 0 Å². The van der Waals surface area contributed by atoms with Crippen LogP contribution in [0.4, 0.5) is 0 Å². The second kappa shape index (κ2) is 6.78. The van der Waals surface area contributed by atoms with E-state index in [2.05, 4.69) is 15.5 Å². The minimum atomic E-state index is -0.490. The zero-order chi connectivity index (χ0) is 16.9. The summed E-state index contributed by atoms with van der Waals surface area (Å²) < 4.78 is 0. The van der Waals surface area contributed by atoms with E-state index in [1.807, 2.05) is 18.2 Å². The summed E-state index contributed by atoms with van der Waals surface area (Å²) in [5.74, 6) is -0.680. The van der Waals surface area contributed by atoms with Crippen LogP contribution in [0.5, 0.6) is 0 Å². The minimum absolute atomic E-state index is 0.190. The van der Waals surface area contributed by atoms with E-state index in [9.17, 15) is 9.59 Å². The summed E-state index contributed by atoms with van der Waals surface area (Å²) in [5, 5.41) is 9.50. The molecule has 6 nitrogen and oxygen atoms in total. The Morgan fingerprint density at radius 1 is 1.04 bits per heavy atom. The number of aromatic nitrogens is 2. The highest BCUT2D eigenvalue weighted by Gasteiger charge is 2.08. The lowest BCUT2D eigenvalue weighted by molar-refractivity contribution is 0.0950. The summed E-state index contributed by atoms with van der Waals surface area (Å²) in [5.41, 5.74) is 8.87. The largest absolute Gasteiger partial charge is 0.366 e. The fraction of sp³-hybridized carbons (Fsp3) is 0.0556. The monoisotopic (exact) mass is 320 g/mol. The number of benzene rings is 2. The van der Waals surface area contributed by atoms with Gasteiger partial charge in [-0.2, -0.15) is 5.10 Å². The average Bonchev–Trinajstić information content (AvgIpc) is 3.15. The average molecular weight is 320 g/mol. The fourth-order valence-corrected chi connectivity index (χ4v) is 2.37. The highest BCUT2D eigenvalue weighted by molar-refractivity contribution is 5.95. The molecule has 0 spiro atoms. The summed E-state index contributed by atoms with van der Waals surface area (Å²) in [4.78, 5) is 23.5. The van der Waals surface area contributed by atoms with Crippen LogP contribution in [0.2, 0.25) is 0 Å². The molecule has 0 saturated carbocycles. The van der Waals surface area contributed by atoms with Crippen molar-refractivity contribution in [2.45, 2.75) is 6.54 Å². The van der Waals surface area contributed by atoms with E-state index in [1.54, 1.807) is 42.7 Å². The van der Waals surface area contributed by atoms with Crippen LogP contribution in [-0.2, 0) is 6.54 Å². The first-order valence-electron chi connectivity index (χ1n) is 7.39. The number of carbonyl (C=O) groups excluding carboxylic acids is 2. The van der Waals surface area contributed by atoms with Gasteiger partial charge in [0, 0.05) is 29.4 Å². The number of primary amides is 1. The molecule has 3 rings (SSSR count). The fourth-order valence-electron chi connectivity index (χ4n) is 2.37. The molecule has 1 heterocycles. The first-order valence-corrected chi connectivity index (χ1v) is 7.39. The van der Waals surface area contributed by atoms with E-state index >= 15 is 0 Å². The number of amides is 2. The van der Waals surface area contributed by atoms with Crippen molar-refractivity contribution in [1.29, 1.82) is 0 Å². The van der Waals surface area contributed by atoms with Crippen LogP contribution in [0.1, 0.15) is 26.3 Å². The third-order valence-electron chi connectivity index (χ3n) is 3.62. The van der Waals surface area contributed by atoms with Crippen LogP contribution in [0.25, 0.3) is 11.1 Å². The number of nitrogens with one attached hydrogen (secondary N) is 2. The van der Waals surface area contributed by atoms with Crippen molar-refractivity contribution in [3.8, 4) is 11.1 Å². The molecule has 2 amide bonds. The molecule has 0 saturated heterocycles. The van der Waals surface area contributed by atoms with E-state index < -0.39 is 5.91 Å². The Morgan fingerprint density at radius 2 is 1.83 bits per heavy atom. The molecule has 0 aliphatic heterocycles. The van der Waals surface area contributed by atoms with Gasteiger partial charge in [0.2, 0.25) is 5.91 Å². The lowest BCUT2D eigenvalue weighted by atomic mass is 10.1. The molecule has 6 heteroatoms. The van der Waals surface area contributed by atoms with Gasteiger partial charge in [-0.3, -0.25) is 14.7 Å². The van der Waals surface area contributed by atoms with Crippen molar-refractivity contribution >= 4 is 11.8 Å². The third kappa shape index (κ3) is 3.49. The van der Waals surface area contributed by atoms with Gasteiger partial charge in [-0.1, -0.05) is 24.3 Å². The molecule has 0 atom stereocenters. The van der Waals surface area contributed by atoms with Crippen molar-refractivity contribution < 1.29 is 9.59 Å². The molecular weight excluding hydrogens is 304 g/mol. The maximum Gasteiger partial charge on any atom is 0.251 e. The van der Waals surface area contributed by atoms with E-state index in [0.29, 0.717) is 17.7 Å². The second-order valence-corrected chi connectivity index (χ2v) is 5.32. The molecule has 2 aromatic carbocycles. The molecule has 24 heavy (non-hydrogen) atoms. The predicted molar refractivity (Wildman–Crippen MR) is 90.2 cm³/mol.